The van der Waals surface area contributed by atoms with Gasteiger partial charge in [0, 0.05) is 5.57 Å². The van der Waals surface area contributed by atoms with E-state index in [1.54, 1.807) is 0 Å². The van der Waals surface area contributed by atoms with Gasteiger partial charge in [0.25, 0.3) is 0 Å². The van der Waals surface area contributed by atoms with Gasteiger partial charge in [-0.05, 0) is 29.1 Å². The molecule has 0 bridgehead atoms. The summed E-state index contributed by atoms with van der Waals surface area (Å²) in [4.78, 5) is 0. The minimum atomic E-state index is 0.161. The molecule has 0 aliphatic heterocycles. The summed E-state index contributed by atoms with van der Waals surface area (Å²) in [5.74, 6) is 0.783. The van der Waals surface area contributed by atoms with Crippen LogP contribution in [0.1, 0.15) is 61.8 Å². The normalized spacial score (nSPS) is 17.5. The third-order valence-electron chi connectivity index (χ3n) is 3.75. The van der Waals surface area contributed by atoms with Crippen molar-refractivity contribution in [3.63, 3.8) is 0 Å². The molecule has 0 amide bonds. The van der Waals surface area contributed by atoms with Gasteiger partial charge >= 0.3 is 0 Å². The summed E-state index contributed by atoms with van der Waals surface area (Å²) in [6.07, 6.45) is 3.21. The summed E-state index contributed by atoms with van der Waals surface area (Å²) < 4.78 is 0. The van der Waals surface area contributed by atoms with E-state index in [2.05, 4.69) is 67.5 Å². The van der Waals surface area contributed by atoms with Gasteiger partial charge in [0.15, 0.2) is 0 Å². The lowest BCUT2D eigenvalue weighted by Crippen LogP contribution is -2.23. The van der Waals surface area contributed by atoms with Crippen molar-refractivity contribution >= 4 is 0 Å². The van der Waals surface area contributed by atoms with Crippen LogP contribution < -0.4 is 0 Å². The second-order valence-electron chi connectivity index (χ2n) is 7.22. The van der Waals surface area contributed by atoms with Crippen molar-refractivity contribution in [3.05, 3.63) is 11.6 Å². The number of nitriles is 1. The second-order valence-corrected chi connectivity index (χ2v) is 7.22. The standard InChI is InChI=1S/C16H29N/c1-9-14(16(6,7)8)13(11-17)10-12(2)15(3,4)5/h10,12,14H,9H2,1-8H3/b13-10-. The molecule has 0 aromatic heterocycles. The highest BCUT2D eigenvalue weighted by atomic mass is 14.4. The Morgan fingerprint density at radius 1 is 1.12 bits per heavy atom. The topological polar surface area (TPSA) is 23.8 Å². The molecule has 0 saturated carbocycles. The molecule has 0 aliphatic carbocycles. The van der Waals surface area contributed by atoms with Gasteiger partial charge in [0.05, 0.1) is 6.07 Å². The summed E-state index contributed by atoms with van der Waals surface area (Å²) >= 11 is 0. The summed E-state index contributed by atoms with van der Waals surface area (Å²) in [7, 11) is 0. The Morgan fingerprint density at radius 3 is 1.82 bits per heavy atom. The molecule has 17 heavy (non-hydrogen) atoms. The molecule has 1 heteroatoms. The first-order chi connectivity index (χ1) is 7.54. The van der Waals surface area contributed by atoms with Crippen LogP contribution >= 0.6 is 0 Å². The van der Waals surface area contributed by atoms with Gasteiger partial charge in [-0.15, -0.1) is 0 Å². The lowest BCUT2D eigenvalue weighted by molar-refractivity contribution is 0.269. The third-order valence-corrected chi connectivity index (χ3v) is 3.75. The van der Waals surface area contributed by atoms with Crippen LogP contribution in [0.2, 0.25) is 0 Å². The zero-order chi connectivity index (χ0) is 13.9. The fraction of sp³-hybridized carbons (Fsp3) is 0.812. The van der Waals surface area contributed by atoms with Crippen molar-refractivity contribution in [3.8, 4) is 6.07 Å². The predicted octanol–water partition coefficient (Wildman–Crippen LogP) is 5.19. The smallest absolute Gasteiger partial charge is 0.0947 e. The molecule has 0 fully saturated rings. The molecule has 0 saturated heterocycles. The first-order valence-electron chi connectivity index (χ1n) is 6.65. The van der Waals surface area contributed by atoms with Gasteiger partial charge in [-0.25, -0.2) is 0 Å². The molecule has 98 valence electrons. The van der Waals surface area contributed by atoms with E-state index in [1.165, 1.54) is 0 Å². The van der Waals surface area contributed by atoms with Gasteiger partial charge in [-0.2, -0.15) is 5.26 Å². The van der Waals surface area contributed by atoms with Crippen molar-refractivity contribution in [2.75, 3.05) is 0 Å². The Balaban J connectivity index is 5.22. The number of nitrogens with zero attached hydrogens (tertiary/aromatic N) is 1. The maximum atomic E-state index is 9.39. The van der Waals surface area contributed by atoms with Crippen LogP contribution in [-0.2, 0) is 0 Å². The number of allylic oxidation sites excluding steroid dienone is 2. The highest BCUT2D eigenvalue weighted by Crippen LogP contribution is 2.36. The zero-order valence-corrected chi connectivity index (χ0v) is 12.9. The average molecular weight is 235 g/mol. The van der Waals surface area contributed by atoms with Crippen molar-refractivity contribution in [1.29, 1.82) is 5.26 Å². The number of hydrogen-bond acceptors (Lipinski definition) is 1. The summed E-state index contributed by atoms with van der Waals surface area (Å²) in [6.45, 7) is 17.7. The van der Waals surface area contributed by atoms with Gasteiger partial charge in [-0.3, -0.25) is 0 Å². The highest BCUT2D eigenvalue weighted by Gasteiger charge is 2.28. The Labute approximate surface area is 108 Å². The molecule has 0 aliphatic rings. The molecule has 2 atom stereocenters. The van der Waals surface area contributed by atoms with E-state index in [0.29, 0.717) is 11.8 Å². The van der Waals surface area contributed by atoms with Crippen LogP contribution in [0.15, 0.2) is 11.6 Å². The maximum Gasteiger partial charge on any atom is 0.0947 e. The monoisotopic (exact) mass is 235 g/mol. The predicted molar refractivity (Wildman–Crippen MR) is 75.6 cm³/mol. The zero-order valence-electron chi connectivity index (χ0n) is 12.9. The van der Waals surface area contributed by atoms with E-state index >= 15 is 0 Å². The van der Waals surface area contributed by atoms with Gasteiger partial charge < -0.3 is 0 Å². The van der Waals surface area contributed by atoms with Crippen LogP contribution in [-0.4, -0.2) is 0 Å². The average Bonchev–Trinajstić information content (AvgIpc) is 2.13. The van der Waals surface area contributed by atoms with Gasteiger partial charge in [0.2, 0.25) is 0 Å². The van der Waals surface area contributed by atoms with Crippen LogP contribution in [0.4, 0.5) is 0 Å². The molecular weight excluding hydrogens is 206 g/mol. The molecule has 0 aromatic carbocycles. The summed E-state index contributed by atoms with van der Waals surface area (Å²) in [6, 6.07) is 2.42. The molecule has 0 N–H and O–H groups in total. The largest absolute Gasteiger partial charge is 0.193 e. The van der Waals surface area contributed by atoms with Crippen molar-refractivity contribution in [2.45, 2.75) is 61.8 Å². The summed E-state index contributed by atoms with van der Waals surface area (Å²) in [5, 5.41) is 9.39. The lowest BCUT2D eigenvalue weighted by Gasteiger charge is -2.31. The van der Waals surface area contributed by atoms with Crippen molar-refractivity contribution in [2.24, 2.45) is 22.7 Å². The van der Waals surface area contributed by atoms with Crippen LogP contribution in [0.25, 0.3) is 0 Å². The van der Waals surface area contributed by atoms with E-state index in [9.17, 15) is 5.26 Å². The molecule has 0 aromatic rings. The maximum absolute atomic E-state index is 9.39. The third kappa shape index (κ3) is 4.94. The van der Waals surface area contributed by atoms with E-state index < -0.39 is 0 Å². The Hall–Kier alpha value is -0.770. The van der Waals surface area contributed by atoms with Crippen LogP contribution in [0.5, 0.6) is 0 Å². The van der Waals surface area contributed by atoms with Crippen molar-refractivity contribution in [1.82, 2.24) is 0 Å². The first-order valence-corrected chi connectivity index (χ1v) is 6.65. The second kappa shape index (κ2) is 5.71. The lowest BCUT2D eigenvalue weighted by atomic mass is 9.72. The highest BCUT2D eigenvalue weighted by molar-refractivity contribution is 5.26. The van der Waals surface area contributed by atoms with E-state index in [0.717, 1.165) is 12.0 Å². The van der Waals surface area contributed by atoms with Gasteiger partial charge in [-0.1, -0.05) is 61.5 Å². The molecule has 0 rings (SSSR count). The molecule has 0 spiro atoms. The van der Waals surface area contributed by atoms with Crippen LogP contribution in [0.3, 0.4) is 0 Å². The minimum Gasteiger partial charge on any atom is -0.193 e. The molecule has 2 unspecified atom stereocenters. The Kier molecular flexibility index (Phi) is 5.46. The summed E-state index contributed by atoms with van der Waals surface area (Å²) in [5.41, 5.74) is 1.34. The number of hydrogen-bond donors (Lipinski definition) is 0. The quantitative estimate of drug-likeness (QED) is 0.617. The van der Waals surface area contributed by atoms with Crippen molar-refractivity contribution < 1.29 is 0 Å². The fourth-order valence-electron chi connectivity index (χ4n) is 2.05. The number of rotatable bonds is 3. The van der Waals surface area contributed by atoms with Crippen LogP contribution in [0, 0.1) is 34.0 Å². The Morgan fingerprint density at radius 2 is 1.59 bits per heavy atom. The Bertz CT molecular complexity index is 304. The molecule has 1 nitrogen and oxygen atoms in total. The SMILES string of the molecule is CCC(/C(C#N)=C\C(C)C(C)(C)C)C(C)(C)C. The first kappa shape index (κ1) is 16.2. The molecule has 0 radical (unpaired) electrons. The minimum absolute atomic E-state index is 0.161. The fourth-order valence-corrected chi connectivity index (χ4v) is 2.05. The molecule has 0 heterocycles. The van der Waals surface area contributed by atoms with E-state index in [4.69, 9.17) is 0 Å². The molecular formula is C16H29N. The van der Waals surface area contributed by atoms with E-state index in [1.807, 2.05) is 0 Å². The van der Waals surface area contributed by atoms with Gasteiger partial charge in [0.1, 0.15) is 0 Å². The van der Waals surface area contributed by atoms with E-state index in [-0.39, 0.29) is 10.8 Å².